The van der Waals surface area contributed by atoms with Crippen LogP contribution < -0.4 is 10.1 Å². The molecule has 178 valence electrons. The molecule has 1 aromatic rings. The monoisotopic (exact) mass is 441 g/mol. The molecule has 32 heavy (non-hydrogen) atoms. The van der Waals surface area contributed by atoms with E-state index >= 15 is 0 Å². The maximum atomic E-state index is 11.7. The molecule has 0 aliphatic rings. The van der Waals surface area contributed by atoms with Gasteiger partial charge < -0.3 is 10.1 Å². The number of nitrogens with one attached hydrogen (secondary N) is 1. The van der Waals surface area contributed by atoms with Gasteiger partial charge in [-0.05, 0) is 61.1 Å². The molecule has 0 spiro atoms. The molecule has 1 atom stereocenters. The first-order valence-electron chi connectivity index (χ1n) is 11.3. The van der Waals surface area contributed by atoms with Crippen LogP contribution in [0.15, 0.2) is 58.7 Å². The van der Waals surface area contributed by atoms with Crippen molar-refractivity contribution >= 4 is 12.2 Å². The van der Waals surface area contributed by atoms with Gasteiger partial charge >= 0.3 is 0 Å². The first-order chi connectivity index (χ1) is 14.9. The van der Waals surface area contributed by atoms with E-state index in [0.29, 0.717) is 16.6 Å². The van der Waals surface area contributed by atoms with E-state index in [1.807, 2.05) is 24.3 Å². The molecule has 1 rings (SSSR count). The first-order valence-corrected chi connectivity index (χ1v) is 11.3. The number of carbonyl (C=O) groups excluding carboxylic acids is 2. The predicted octanol–water partition coefficient (Wildman–Crippen LogP) is 6.79. The number of ether oxygens (including phenoxy) is 1. The molecule has 1 N–H and O–H groups in total. The van der Waals surface area contributed by atoms with Gasteiger partial charge in [0.15, 0.2) is 0 Å². The van der Waals surface area contributed by atoms with Gasteiger partial charge in [0.05, 0.1) is 7.11 Å². The summed E-state index contributed by atoms with van der Waals surface area (Å²) in [6.45, 7) is 16.9. The molecule has 0 aliphatic heterocycles. The molecule has 0 aromatic heterocycles. The summed E-state index contributed by atoms with van der Waals surface area (Å²) in [6, 6.07) is 7.93. The summed E-state index contributed by atoms with van der Waals surface area (Å²) in [5, 5.41) is 2.57. The van der Waals surface area contributed by atoms with Crippen molar-refractivity contribution in [3.05, 3.63) is 64.3 Å². The van der Waals surface area contributed by atoms with Crippen LogP contribution in [0.2, 0.25) is 0 Å². The smallest absolute Gasteiger partial charge is 0.246 e. The normalized spacial score (nSPS) is 13.9. The fourth-order valence-electron chi connectivity index (χ4n) is 2.71. The SMILES string of the molecule is CC/C(C)=C(/C=C(C=O)\C=C(/C)C(=O)NC)C(C)c1cccc(OC)c1.CCC(C)(C)C. The number of rotatable bonds is 8. The van der Waals surface area contributed by atoms with Crippen molar-refractivity contribution in [2.24, 2.45) is 5.41 Å². The zero-order valence-corrected chi connectivity index (χ0v) is 21.8. The maximum Gasteiger partial charge on any atom is 0.246 e. The summed E-state index contributed by atoms with van der Waals surface area (Å²) >= 11 is 0. The molecule has 0 heterocycles. The highest BCUT2D eigenvalue weighted by molar-refractivity contribution is 5.95. The number of allylic oxidation sites excluding steroid dienone is 5. The lowest BCUT2D eigenvalue weighted by molar-refractivity contribution is -0.117. The van der Waals surface area contributed by atoms with Crippen LogP contribution in [0.1, 0.15) is 79.7 Å². The standard InChI is InChI=1S/C22H29NO3.C6H14/c1-7-15(2)21(12-18(14-24)11-16(3)22(25)23-5)17(4)19-9-8-10-20(13-19)26-6;1-5-6(2,3)4/h8-14,17H,7H2,1-6H3,(H,23,25);5H2,1-4H3/b16-11+,18-12+,21-15-;. The lowest BCUT2D eigenvalue weighted by Gasteiger charge is -2.18. The third-order valence-electron chi connectivity index (χ3n) is 5.57. The van der Waals surface area contributed by atoms with E-state index in [-0.39, 0.29) is 11.8 Å². The summed E-state index contributed by atoms with van der Waals surface area (Å²) in [5.74, 6) is 0.697. The molecule has 0 saturated heterocycles. The molecule has 0 bridgehead atoms. The number of benzene rings is 1. The molecule has 0 aliphatic carbocycles. The van der Waals surface area contributed by atoms with E-state index in [9.17, 15) is 9.59 Å². The predicted molar refractivity (Wildman–Crippen MR) is 136 cm³/mol. The molecular weight excluding hydrogens is 398 g/mol. The first kappa shape index (κ1) is 29.4. The fourth-order valence-corrected chi connectivity index (χ4v) is 2.71. The van der Waals surface area contributed by atoms with E-state index in [1.165, 1.54) is 12.0 Å². The number of methoxy groups -OCH3 is 1. The van der Waals surface area contributed by atoms with E-state index in [2.05, 4.69) is 59.8 Å². The van der Waals surface area contributed by atoms with E-state index < -0.39 is 0 Å². The molecule has 0 radical (unpaired) electrons. The van der Waals surface area contributed by atoms with Gasteiger partial charge in [0, 0.05) is 24.1 Å². The maximum absolute atomic E-state index is 11.7. The average molecular weight is 442 g/mol. The summed E-state index contributed by atoms with van der Waals surface area (Å²) < 4.78 is 5.32. The van der Waals surface area contributed by atoms with Crippen molar-refractivity contribution in [1.82, 2.24) is 5.32 Å². The number of likely N-dealkylation sites (N-methyl/N-ethyl adjacent to an activating group) is 1. The van der Waals surface area contributed by atoms with Gasteiger partial charge in [-0.3, -0.25) is 9.59 Å². The number of carbonyl (C=O) groups is 2. The average Bonchev–Trinajstić information content (AvgIpc) is 2.79. The third-order valence-corrected chi connectivity index (χ3v) is 5.57. The van der Waals surface area contributed by atoms with Crippen LogP contribution in [0.4, 0.5) is 0 Å². The van der Waals surface area contributed by atoms with Crippen LogP contribution in [0, 0.1) is 5.41 Å². The van der Waals surface area contributed by atoms with Crippen LogP contribution >= 0.6 is 0 Å². The minimum absolute atomic E-state index is 0.0914. The topological polar surface area (TPSA) is 55.4 Å². The number of aldehydes is 1. The Morgan fingerprint density at radius 3 is 2.19 bits per heavy atom. The summed E-state index contributed by atoms with van der Waals surface area (Å²) in [6.07, 6.45) is 6.43. The largest absolute Gasteiger partial charge is 0.497 e. The van der Waals surface area contributed by atoms with Crippen LogP contribution in [0.5, 0.6) is 5.75 Å². The van der Waals surface area contributed by atoms with Crippen molar-refractivity contribution in [2.45, 2.75) is 74.1 Å². The quantitative estimate of drug-likeness (QED) is 0.275. The number of amides is 1. The van der Waals surface area contributed by atoms with Crippen LogP contribution in [0.3, 0.4) is 0 Å². The minimum atomic E-state index is -0.198. The van der Waals surface area contributed by atoms with Gasteiger partial charge in [-0.1, -0.05) is 65.7 Å². The van der Waals surface area contributed by atoms with Crippen molar-refractivity contribution < 1.29 is 14.3 Å². The second-order valence-electron chi connectivity index (χ2n) is 9.17. The van der Waals surface area contributed by atoms with Gasteiger partial charge in [0.2, 0.25) is 5.91 Å². The molecule has 0 saturated carbocycles. The minimum Gasteiger partial charge on any atom is -0.497 e. The van der Waals surface area contributed by atoms with Crippen LogP contribution in [-0.2, 0) is 9.59 Å². The van der Waals surface area contributed by atoms with Crippen LogP contribution in [0.25, 0.3) is 0 Å². The Balaban J connectivity index is 0.00000140. The van der Waals surface area contributed by atoms with Gasteiger partial charge in [-0.25, -0.2) is 0 Å². The molecule has 1 amide bonds. The summed E-state index contributed by atoms with van der Waals surface area (Å²) in [5.41, 5.74) is 4.90. The van der Waals surface area contributed by atoms with Gasteiger partial charge in [-0.2, -0.15) is 0 Å². The van der Waals surface area contributed by atoms with Crippen LogP contribution in [-0.4, -0.2) is 26.4 Å². The zero-order valence-electron chi connectivity index (χ0n) is 21.8. The Kier molecular flexibility index (Phi) is 13.3. The molecule has 4 nitrogen and oxygen atoms in total. The second kappa shape index (κ2) is 14.4. The van der Waals surface area contributed by atoms with Gasteiger partial charge in [0.1, 0.15) is 12.0 Å². The van der Waals surface area contributed by atoms with Crippen molar-refractivity contribution in [1.29, 1.82) is 0 Å². The zero-order chi connectivity index (χ0) is 24.9. The Morgan fingerprint density at radius 2 is 1.75 bits per heavy atom. The lowest BCUT2D eigenvalue weighted by atomic mass is 9.87. The highest BCUT2D eigenvalue weighted by atomic mass is 16.5. The Hall–Kier alpha value is -2.62. The van der Waals surface area contributed by atoms with Crippen molar-refractivity contribution in [2.75, 3.05) is 14.2 Å². The summed E-state index contributed by atoms with van der Waals surface area (Å²) in [4.78, 5) is 23.3. The lowest BCUT2D eigenvalue weighted by Crippen LogP contribution is -2.18. The second-order valence-corrected chi connectivity index (χ2v) is 9.17. The molecule has 0 fully saturated rings. The highest BCUT2D eigenvalue weighted by Crippen LogP contribution is 2.31. The van der Waals surface area contributed by atoms with E-state index in [0.717, 1.165) is 29.6 Å². The third kappa shape index (κ3) is 10.6. The van der Waals surface area contributed by atoms with E-state index in [4.69, 9.17) is 4.74 Å². The molecule has 1 aromatic carbocycles. The summed E-state index contributed by atoms with van der Waals surface area (Å²) in [7, 11) is 3.22. The molecule has 1 unspecified atom stereocenters. The van der Waals surface area contributed by atoms with Gasteiger partial charge in [0.25, 0.3) is 0 Å². The van der Waals surface area contributed by atoms with Gasteiger partial charge in [-0.15, -0.1) is 0 Å². The van der Waals surface area contributed by atoms with E-state index in [1.54, 1.807) is 27.2 Å². The Bertz CT molecular complexity index is 838. The Labute approximate surface area is 195 Å². The number of hydrogen-bond donors (Lipinski definition) is 1. The molecular formula is C28H43NO3. The molecule has 4 heteroatoms. The Morgan fingerprint density at radius 1 is 1.16 bits per heavy atom. The highest BCUT2D eigenvalue weighted by Gasteiger charge is 2.14. The van der Waals surface area contributed by atoms with Crippen molar-refractivity contribution in [3.8, 4) is 5.75 Å². The van der Waals surface area contributed by atoms with Crippen molar-refractivity contribution in [3.63, 3.8) is 0 Å². The number of hydrogen-bond acceptors (Lipinski definition) is 3. The fraction of sp³-hybridized carbons (Fsp3) is 0.500.